The van der Waals surface area contributed by atoms with Gasteiger partial charge < -0.3 is 14.6 Å². The molecule has 1 fully saturated rings. The van der Waals surface area contributed by atoms with Gasteiger partial charge >= 0.3 is 6.18 Å². The first-order valence-corrected chi connectivity index (χ1v) is 11.3. The summed E-state index contributed by atoms with van der Waals surface area (Å²) in [5.41, 5.74) is -1.54. The average Bonchev–Trinajstić information content (AvgIpc) is 2.75. The number of alkyl halides is 3. The Morgan fingerprint density at radius 2 is 1.72 bits per heavy atom. The number of fused-ring (bicyclic) bond motifs is 3. The number of hydrogen-bond donors (Lipinski definition) is 1. The molecule has 3 atom stereocenters. The van der Waals surface area contributed by atoms with Crippen LogP contribution in [0.5, 0.6) is 5.75 Å². The quantitative estimate of drug-likeness (QED) is 0.677. The minimum atomic E-state index is -4.67. The summed E-state index contributed by atoms with van der Waals surface area (Å²) in [6.07, 6.45) is -5.77. The van der Waals surface area contributed by atoms with E-state index in [4.69, 9.17) is 9.47 Å². The highest BCUT2D eigenvalue weighted by molar-refractivity contribution is 7.92. The zero-order chi connectivity index (χ0) is 23.3. The number of sulfone groups is 1. The maximum absolute atomic E-state index is 15.1. The van der Waals surface area contributed by atoms with E-state index >= 15 is 4.39 Å². The summed E-state index contributed by atoms with van der Waals surface area (Å²) in [5.74, 6) is -3.53. The van der Waals surface area contributed by atoms with Gasteiger partial charge in [-0.3, -0.25) is 0 Å². The van der Waals surface area contributed by atoms with Crippen molar-refractivity contribution >= 4 is 9.84 Å². The highest BCUT2D eigenvalue weighted by Gasteiger charge is 2.61. The number of benzene rings is 2. The van der Waals surface area contributed by atoms with E-state index in [0.717, 1.165) is 24.3 Å². The number of ether oxygens (including phenoxy) is 2. The lowest BCUT2D eigenvalue weighted by atomic mass is 9.75. The first-order valence-electron chi connectivity index (χ1n) is 9.79. The van der Waals surface area contributed by atoms with Crippen LogP contribution in [0.15, 0.2) is 41.3 Å². The second-order valence-electron chi connectivity index (χ2n) is 7.74. The second-order valence-corrected chi connectivity index (χ2v) is 9.94. The predicted molar refractivity (Wildman–Crippen MR) is 102 cm³/mol. The summed E-state index contributed by atoms with van der Waals surface area (Å²) in [4.78, 5) is -0.461. The van der Waals surface area contributed by atoms with Crippen molar-refractivity contribution in [1.29, 1.82) is 0 Å². The van der Waals surface area contributed by atoms with E-state index in [1.807, 2.05) is 0 Å². The van der Waals surface area contributed by atoms with Gasteiger partial charge in [-0.05, 0) is 49.2 Å². The van der Waals surface area contributed by atoms with Crippen molar-refractivity contribution in [1.82, 2.24) is 0 Å². The molecule has 2 heterocycles. The molecule has 0 bridgehead atoms. The molecular weight excluding hydrogens is 459 g/mol. The third kappa shape index (κ3) is 3.37. The van der Waals surface area contributed by atoms with Crippen molar-refractivity contribution in [2.24, 2.45) is 5.92 Å². The van der Waals surface area contributed by atoms with E-state index in [0.29, 0.717) is 12.1 Å². The topological polar surface area (TPSA) is 72.8 Å². The van der Waals surface area contributed by atoms with Gasteiger partial charge in [-0.15, -0.1) is 0 Å². The molecule has 0 aromatic heterocycles. The molecule has 11 heteroatoms. The van der Waals surface area contributed by atoms with Gasteiger partial charge in [0.2, 0.25) is 0 Å². The van der Waals surface area contributed by atoms with E-state index < -0.39 is 66.2 Å². The highest BCUT2D eigenvalue weighted by atomic mass is 32.2. The van der Waals surface area contributed by atoms with Crippen LogP contribution in [0.4, 0.5) is 22.0 Å². The molecule has 0 aliphatic carbocycles. The van der Waals surface area contributed by atoms with Gasteiger partial charge in [-0.1, -0.05) is 0 Å². The van der Waals surface area contributed by atoms with Gasteiger partial charge in [0, 0.05) is 19.1 Å². The van der Waals surface area contributed by atoms with Gasteiger partial charge in [0.15, 0.2) is 21.4 Å². The number of rotatable bonds is 4. The first-order chi connectivity index (χ1) is 15.0. The molecule has 4 rings (SSSR count). The van der Waals surface area contributed by atoms with E-state index in [2.05, 4.69) is 0 Å². The van der Waals surface area contributed by atoms with Gasteiger partial charge in [0.25, 0.3) is 0 Å². The minimum Gasteiger partial charge on any atom is -0.490 e. The summed E-state index contributed by atoms with van der Waals surface area (Å²) in [7, 11) is -4.57. The number of hydrogen-bond acceptors (Lipinski definition) is 5. The number of aliphatic hydroxyl groups excluding tert-OH is 1. The largest absolute Gasteiger partial charge is 0.490 e. The van der Waals surface area contributed by atoms with E-state index in [1.165, 1.54) is 0 Å². The Kier molecular flexibility index (Phi) is 5.71. The molecule has 0 spiro atoms. The number of aliphatic hydroxyl groups is 1. The Balaban J connectivity index is 1.96. The second kappa shape index (κ2) is 7.96. The highest BCUT2D eigenvalue weighted by Crippen LogP contribution is 2.55. The van der Waals surface area contributed by atoms with Crippen molar-refractivity contribution in [2.75, 3.05) is 19.8 Å². The fourth-order valence-corrected chi connectivity index (χ4v) is 7.02. The molecule has 2 aliphatic heterocycles. The zero-order valence-corrected chi connectivity index (χ0v) is 17.3. The summed E-state index contributed by atoms with van der Waals surface area (Å²) >= 11 is 0. The third-order valence-electron chi connectivity index (χ3n) is 6.13. The maximum Gasteiger partial charge on any atom is 0.416 e. The maximum atomic E-state index is 15.1. The molecule has 2 aliphatic rings. The van der Waals surface area contributed by atoms with Crippen LogP contribution in [0.1, 0.15) is 24.0 Å². The van der Waals surface area contributed by atoms with Crippen LogP contribution in [0, 0.1) is 17.6 Å². The standard InChI is InChI=1S/C21H19F5O5S/c22-15-5-6-16(23)19-18(15)20(8-10-30-17(7-9-27)14(20)11-31-19)32(28,29)13-3-1-12(2-4-13)21(24,25)26/h1-6,14,17,27H,7-11H2/t14-,17-,20-/m0/s1. The molecule has 174 valence electrons. The molecular formula is C21H19F5O5S. The van der Waals surface area contributed by atoms with Crippen molar-refractivity contribution in [3.63, 3.8) is 0 Å². The molecule has 0 unspecified atom stereocenters. The van der Waals surface area contributed by atoms with Crippen molar-refractivity contribution < 1.29 is 45.0 Å². The summed E-state index contributed by atoms with van der Waals surface area (Å²) < 4.78 is 105. The smallest absolute Gasteiger partial charge is 0.416 e. The van der Waals surface area contributed by atoms with E-state index in [1.54, 1.807) is 0 Å². The average molecular weight is 478 g/mol. The molecule has 5 nitrogen and oxygen atoms in total. The Hall–Kier alpha value is -2.24. The SMILES string of the molecule is O=S(=O)(c1ccc(C(F)(F)F)cc1)[C@@]12CCO[C@@H](CCO)[C@@H]1COc1c(F)ccc(F)c12. The lowest BCUT2D eigenvalue weighted by molar-refractivity contribution is -0.137. The minimum absolute atomic E-state index is 0.0184. The molecule has 0 radical (unpaired) electrons. The fourth-order valence-electron chi connectivity index (χ4n) is 4.67. The summed E-state index contributed by atoms with van der Waals surface area (Å²) in [6, 6.07) is 4.49. The lowest BCUT2D eigenvalue weighted by Gasteiger charge is -2.50. The molecule has 1 N–H and O–H groups in total. The van der Waals surface area contributed by atoms with Gasteiger partial charge in [0.1, 0.15) is 10.6 Å². The summed E-state index contributed by atoms with van der Waals surface area (Å²) in [5, 5.41) is 9.40. The number of halogens is 5. The van der Waals surface area contributed by atoms with Crippen LogP contribution >= 0.6 is 0 Å². The fraction of sp³-hybridized carbons (Fsp3) is 0.429. The Morgan fingerprint density at radius 3 is 2.34 bits per heavy atom. The van der Waals surface area contributed by atoms with Crippen LogP contribution in [-0.2, 0) is 25.5 Å². The molecule has 32 heavy (non-hydrogen) atoms. The summed E-state index contributed by atoms with van der Waals surface area (Å²) in [6.45, 7) is -0.829. The molecule has 2 aromatic carbocycles. The molecule has 0 saturated carbocycles. The zero-order valence-electron chi connectivity index (χ0n) is 16.5. The van der Waals surface area contributed by atoms with E-state index in [-0.39, 0.29) is 32.7 Å². The molecule has 0 amide bonds. The first kappa shape index (κ1) is 22.9. The molecule has 2 aromatic rings. The van der Waals surface area contributed by atoms with Gasteiger partial charge in [-0.2, -0.15) is 13.2 Å². The van der Waals surface area contributed by atoms with Crippen LogP contribution < -0.4 is 4.74 Å². The van der Waals surface area contributed by atoms with E-state index in [9.17, 15) is 31.1 Å². The van der Waals surface area contributed by atoms with Crippen LogP contribution in [0.2, 0.25) is 0 Å². The Bertz CT molecular complexity index is 1110. The molecule has 1 saturated heterocycles. The third-order valence-corrected chi connectivity index (χ3v) is 8.69. The normalized spacial score (nSPS) is 25.6. The van der Waals surface area contributed by atoms with Crippen molar-refractivity contribution in [2.45, 2.75) is 34.8 Å². The lowest BCUT2D eigenvalue weighted by Crippen LogP contribution is -2.57. The monoisotopic (exact) mass is 478 g/mol. The van der Waals surface area contributed by atoms with Crippen LogP contribution in [-0.4, -0.2) is 39.4 Å². The predicted octanol–water partition coefficient (Wildman–Crippen LogP) is 3.83. The van der Waals surface area contributed by atoms with Crippen molar-refractivity contribution in [3.05, 3.63) is 59.2 Å². The Morgan fingerprint density at radius 1 is 1.06 bits per heavy atom. The van der Waals surface area contributed by atoms with Crippen molar-refractivity contribution in [3.8, 4) is 5.75 Å². The van der Waals surface area contributed by atoms with Crippen LogP contribution in [0.3, 0.4) is 0 Å². The van der Waals surface area contributed by atoms with Gasteiger partial charge in [0.05, 0.1) is 28.7 Å². The Labute approximate surface area is 180 Å². The van der Waals surface area contributed by atoms with Crippen LogP contribution in [0.25, 0.3) is 0 Å². The van der Waals surface area contributed by atoms with Gasteiger partial charge in [-0.25, -0.2) is 17.2 Å².